The SMILES string of the molecule is COC(OC)[C@@]1(C)Oc2ccc([N+](=O)[O-])cc2[C@H](N2c3ccccc3C[C@@H]2OC(=O)O)[C@H]1O. The number of aliphatic hydroxyl groups excluding tert-OH is 1. The second-order valence-electron chi connectivity index (χ2n) is 8.04. The molecule has 2 heterocycles. The number of nitro benzene ring substituents is 1. The smallest absolute Gasteiger partial charge is 0.479 e. The van der Waals surface area contributed by atoms with Gasteiger partial charge in [0.15, 0.2) is 18.1 Å². The minimum absolute atomic E-state index is 0.198. The van der Waals surface area contributed by atoms with Crippen LogP contribution in [0.5, 0.6) is 5.75 Å². The van der Waals surface area contributed by atoms with Crippen LogP contribution >= 0.6 is 0 Å². The summed E-state index contributed by atoms with van der Waals surface area (Å²) in [4.78, 5) is 24.0. The third-order valence-corrected chi connectivity index (χ3v) is 6.15. The zero-order valence-corrected chi connectivity index (χ0v) is 18.2. The highest BCUT2D eigenvalue weighted by atomic mass is 16.7. The summed E-state index contributed by atoms with van der Waals surface area (Å²) in [5, 5.41) is 32.5. The number of methoxy groups -OCH3 is 2. The number of para-hydroxylation sites is 1. The molecule has 0 aliphatic carbocycles. The molecular weight excluding hydrogens is 436 g/mol. The molecule has 0 bridgehead atoms. The molecule has 0 amide bonds. The van der Waals surface area contributed by atoms with Crippen molar-refractivity contribution in [2.75, 3.05) is 19.1 Å². The van der Waals surface area contributed by atoms with Crippen molar-refractivity contribution in [3.8, 4) is 5.75 Å². The normalized spacial score (nSPS) is 25.8. The maximum Gasteiger partial charge on any atom is 0.507 e. The Hall–Kier alpha value is -3.41. The van der Waals surface area contributed by atoms with E-state index in [9.17, 15) is 25.1 Å². The molecule has 4 atom stereocenters. The first kappa shape index (κ1) is 22.8. The lowest BCUT2D eigenvalue weighted by Crippen LogP contribution is -2.63. The van der Waals surface area contributed by atoms with Crippen LogP contribution in [0.4, 0.5) is 16.2 Å². The molecule has 0 aromatic heterocycles. The van der Waals surface area contributed by atoms with E-state index in [1.54, 1.807) is 24.0 Å². The predicted octanol–water partition coefficient (Wildman–Crippen LogP) is 2.85. The monoisotopic (exact) mass is 460 g/mol. The number of fused-ring (bicyclic) bond motifs is 2. The average molecular weight is 460 g/mol. The first-order valence-corrected chi connectivity index (χ1v) is 10.2. The lowest BCUT2D eigenvalue weighted by atomic mass is 9.83. The summed E-state index contributed by atoms with van der Waals surface area (Å²) in [5.41, 5.74) is 0.127. The Labute approximate surface area is 189 Å². The van der Waals surface area contributed by atoms with Crippen molar-refractivity contribution in [2.24, 2.45) is 0 Å². The van der Waals surface area contributed by atoms with Crippen molar-refractivity contribution >= 4 is 17.5 Å². The molecule has 2 aliphatic heterocycles. The highest BCUT2D eigenvalue weighted by molar-refractivity contribution is 5.65. The van der Waals surface area contributed by atoms with Crippen molar-refractivity contribution in [3.63, 3.8) is 0 Å². The number of ether oxygens (including phenoxy) is 4. The molecule has 2 aliphatic rings. The van der Waals surface area contributed by atoms with Crippen molar-refractivity contribution in [1.29, 1.82) is 0 Å². The summed E-state index contributed by atoms with van der Waals surface area (Å²) in [6.07, 6.45) is -4.57. The highest BCUT2D eigenvalue weighted by Gasteiger charge is 2.56. The van der Waals surface area contributed by atoms with Gasteiger partial charge in [0.2, 0.25) is 0 Å². The van der Waals surface area contributed by atoms with Gasteiger partial charge >= 0.3 is 6.16 Å². The van der Waals surface area contributed by atoms with Crippen molar-refractivity contribution in [3.05, 3.63) is 63.7 Å². The first-order valence-electron chi connectivity index (χ1n) is 10.2. The average Bonchev–Trinajstić information content (AvgIpc) is 3.12. The number of carbonyl (C=O) groups is 1. The standard InChI is InChI=1S/C22H24N2O9/c1-22(20(30-2)31-3)19(25)18(14-11-13(24(28)29)8-9-16(14)33-22)23-15-7-5-4-6-12(15)10-17(23)32-21(26)27/h4-9,11,17-20,25H,10H2,1-3H3,(H,26,27)/t17-,18-,19+,22-/m0/s1. The van der Waals surface area contributed by atoms with Crippen LogP contribution in [-0.4, -0.2) is 59.7 Å². The Morgan fingerprint density at radius 2 is 1.97 bits per heavy atom. The Balaban J connectivity index is 1.93. The van der Waals surface area contributed by atoms with Gasteiger partial charge in [-0.2, -0.15) is 0 Å². The molecule has 11 heteroatoms. The summed E-state index contributed by atoms with van der Waals surface area (Å²) in [6.45, 7) is 1.60. The lowest BCUT2D eigenvalue weighted by molar-refractivity contribution is -0.385. The van der Waals surface area contributed by atoms with E-state index in [1.807, 2.05) is 12.1 Å². The van der Waals surface area contributed by atoms with Gasteiger partial charge in [0.05, 0.1) is 11.0 Å². The summed E-state index contributed by atoms with van der Waals surface area (Å²) < 4.78 is 22.1. The van der Waals surface area contributed by atoms with Crippen LogP contribution in [0.3, 0.4) is 0 Å². The van der Waals surface area contributed by atoms with Gasteiger partial charge < -0.3 is 34.1 Å². The summed E-state index contributed by atoms with van der Waals surface area (Å²) in [6, 6.07) is 10.3. The van der Waals surface area contributed by atoms with Gasteiger partial charge in [-0.1, -0.05) is 18.2 Å². The van der Waals surface area contributed by atoms with Crippen LogP contribution < -0.4 is 9.64 Å². The van der Waals surface area contributed by atoms with E-state index in [0.29, 0.717) is 11.3 Å². The van der Waals surface area contributed by atoms with E-state index in [-0.39, 0.29) is 17.9 Å². The fraction of sp³-hybridized carbons (Fsp3) is 0.409. The third kappa shape index (κ3) is 3.73. The van der Waals surface area contributed by atoms with Crippen LogP contribution in [0, 0.1) is 10.1 Å². The topological polar surface area (TPSA) is 141 Å². The minimum atomic E-state index is -1.48. The van der Waals surface area contributed by atoms with Crippen LogP contribution in [0.15, 0.2) is 42.5 Å². The molecule has 0 saturated carbocycles. The van der Waals surface area contributed by atoms with Gasteiger partial charge in [0.1, 0.15) is 11.9 Å². The quantitative estimate of drug-likeness (QED) is 0.286. The maximum absolute atomic E-state index is 11.6. The summed E-state index contributed by atoms with van der Waals surface area (Å²) in [7, 11) is 2.80. The molecule has 2 aromatic rings. The van der Waals surface area contributed by atoms with Gasteiger partial charge in [0, 0.05) is 44.0 Å². The van der Waals surface area contributed by atoms with Crippen LogP contribution in [-0.2, 0) is 20.6 Å². The largest absolute Gasteiger partial charge is 0.507 e. The van der Waals surface area contributed by atoms with E-state index in [4.69, 9.17) is 18.9 Å². The number of hydrogen-bond acceptors (Lipinski definition) is 9. The van der Waals surface area contributed by atoms with E-state index in [2.05, 4.69) is 0 Å². The van der Waals surface area contributed by atoms with E-state index >= 15 is 0 Å². The number of nitro groups is 1. The zero-order valence-electron chi connectivity index (χ0n) is 18.2. The van der Waals surface area contributed by atoms with E-state index < -0.39 is 41.3 Å². The number of non-ortho nitro benzene ring substituents is 1. The molecule has 0 unspecified atom stereocenters. The summed E-state index contributed by atoms with van der Waals surface area (Å²) in [5.74, 6) is 0.274. The number of anilines is 1. The Morgan fingerprint density at radius 3 is 2.61 bits per heavy atom. The highest BCUT2D eigenvalue weighted by Crippen LogP contribution is 2.50. The number of carboxylic acid groups (broad SMARTS) is 1. The molecule has 0 spiro atoms. The lowest BCUT2D eigenvalue weighted by Gasteiger charge is -2.50. The maximum atomic E-state index is 11.6. The summed E-state index contributed by atoms with van der Waals surface area (Å²) >= 11 is 0. The number of hydrogen-bond donors (Lipinski definition) is 2. The first-order chi connectivity index (χ1) is 15.7. The van der Waals surface area contributed by atoms with Gasteiger partial charge in [-0.05, 0) is 24.6 Å². The van der Waals surface area contributed by atoms with E-state index in [0.717, 1.165) is 5.56 Å². The number of aliphatic hydroxyl groups is 1. The molecule has 2 N–H and O–H groups in total. The third-order valence-electron chi connectivity index (χ3n) is 6.15. The zero-order chi connectivity index (χ0) is 23.9. The predicted molar refractivity (Wildman–Crippen MR) is 114 cm³/mol. The minimum Gasteiger partial charge on any atom is -0.479 e. The molecule has 0 saturated heterocycles. The molecule has 11 nitrogen and oxygen atoms in total. The van der Waals surface area contributed by atoms with Gasteiger partial charge in [-0.15, -0.1) is 0 Å². The molecule has 0 fully saturated rings. The van der Waals surface area contributed by atoms with Crippen molar-refractivity contribution < 1.29 is 38.9 Å². The molecule has 4 rings (SSSR count). The van der Waals surface area contributed by atoms with Gasteiger partial charge in [-0.25, -0.2) is 4.79 Å². The Bertz CT molecular complexity index is 1070. The van der Waals surface area contributed by atoms with Crippen molar-refractivity contribution in [1.82, 2.24) is 0 Å². The fourth-order valence-electron chi connectivity index (χ4n) is 4.73. The number of rotatable bonds is 6. The molecular formula is C22H24N2O9. The van der Waals surface area contributed by atoms with Crippen LogP contribution in [0.2, 0.25) is 0 Å². The second-order valence-corrected chi connectivity index (χ2v) is 8.04. The van der Waals surface area contributed by atoms with Gasteiger partial charge in [-0.3, -0.25) is 10.1 Å². The van der Waals surface area contributed by atoms with Crippen molar-refractivity contribution in [2.45, 2.75) is 43.6 Å². The van der Waals surface area contributed by atoms with Crippen LogP contribution in [0.25, 0.3) is 0 Å². The molecule has 176 valence electrons. The number of nitrogens with zero attached hydrogens (tertiary/aromatic N) is 2. The molecule has 33 heavy (non-hydrogen) atoms. The molecule has 2 aromatic carbocycles. The van der Waals surface area contributed by atoms with Crippen LogP contribution in [0.1, 0.15) is 24.1 Å². The second kappa shape index (κ2) is 8.50. The number of benzene rings is 2. The Morgan fingerprint density at radius 1 is 1.27 bits per heavy atom. The Kier molecular flexibility index (Phi) is 5.87. The van der Waals surface area contributed by atoms with E-state index in [1.165, 1.54) is 32.4 Å². The van der Waals surface area contributed by atoms with Gasteiger partial charge in [0.25, 0.3) is 5.69 Å². The fourth-order valence-corrected chi connectivity index (χ4v) is 4.73. The molecule has 0 radical (unpaired) electrons.